The van der Waals surface area contributed by atoms with Crippen LogP contribution in [0.15, 0.2) is 24.3 Å². The highest BCUT2D eigenvalue weighted by atomic mass is 35.5. The molecule has 2 nitrogen and oxygen atoms in total. The quantitative estimate of drug-likeness (QED) is 0.782. The number of halogens is 2. The summed E-state index contributed by atoms with van der Waals surface area (Å²) >= 11 is 10.8. The molecule has 0 atom stereocenters. The van der Waals surface area contributed by atoms with Crippen LogP contribution in [0.2, 0.25) is 5.02 Å². The van der Waals surface area contributed by atoms with Crippen LogP contribution in [0, 0.1) is 17.5 Å². The van der Waals surface area contributed by atoms with Crippen LogP contribution in [-0.4, -0.2) is 9.97 Å². The van der Waals surface area contributed by atoms with Crippen LogP contribution in [0.4, 0.5) is 4.39 Å². The number of aromatic nitrogens is 2. The Balaban J connectivity index is 2.66. The highest BCUT2D eigenvalue weighted by Gasteiger charge is 2.07. The highest BCUT2D eigenvalue weighted by Crippen LogP contribution is 2.24. The number of hydrogen-bond donors (Lipinski definition) is 1. The lowest BCUT2D eigenvalue weighted by molar-refractivity contribution is 0.630. The lowest BCUT2D eigenvalue weighted by Crippen LogP contribution is -1.92. The van der Waals surface area contributed by atoms with Crippen LogP contribution in [0.25, 0.3) is 11.3 Å². The zero-order valence-electron chi connectivity index (χ0n) is 8.42. The van der Waals surface area contributed by atoms with Crippen molar-refractivity contribution in [1.29, 1.82) is 0 Å². The van der Waals surface area contributed by atoms with Gasteiger partial charge in [-0.05, 0) is 43.4 Å². The van der Waals surface area contributed by atoms with Crippen LogP contribution >= 0.6 is 23.8 Å². The summed E-state index contributed by atoms with van der Waals surface area (Å²) in [6.45, 7) is 1.84. The molecule has 5 heteroatoms. The van der Waals surface area contributed by atoms with E-state index >= 15 is 0 Å². The molecule has 2 rings (SSSR count). The zero-order valence-corrected chi connectivity index (χ0v) is 9.99. The number of aryl methyl sites for hydroxylation is 1. The molecule has 0 aliphatic rings. The minimum atomic E-state index is -0.364. The molecule has 1 N–H and O–H groups in total. The molecule has 0 spiro atoms. The predicted octanol–water partition coefficient (Wildman–Crippen LogP) is 3.91. The Morgan fingerprint density at radius 2 is 2.12 bits per heavy atom. The van der Waals surface area contributed by atoms with Gasteiger partial charge < -0.3 is 4.98 Å². The molecule has 0 saturated carbocycles. The number of rotatable bonds is 1. The number of hydrogen-bond acceptors (Lipinski definition) is 2. The lowest BCUT2D eigenvalue weighted by atomic mass is 10.1. The summed E-state index contributed by atoms with van der Waals surface area (Å²) < 4.78 is 13.9. The molecule has 0 unspecified atom stereocenters. The van der Waals surface area contributed by atoms with Crippen LogP contribution in [0.1, 0.15) is 5.69 Å². The fourth-order valence-corrected chi connectivity index (χ4v) is 1.84. The van der Waals surface area contributed by atoms with Gasteiger partial charge >= 0.3 is 0 Å². The zero-order chi connectivity index (χ0) is 11.7. The predicted molar refractivity (Wildman–Crippen MR) is 64.6 cm³/mol. The first-order chi connectivity index (χ1) is 7.56. The van der Waals surface area contributed by atoms with Gasteiger partial charge in [0.15, 0.2) is 4.77 Å². The summed E-state index contributed by atoms with van der Waals surface area (Å²) in [7, 11) is 0. The third-order valence-electron chi connectivity index (χ3n) is 2.08. The van der Waals surface area contributed by atoms with E-state index in [0.717, 1.165) is 5.69 Å². The van der Waals surface area contributed by atoms with Crippen LogP contribution in [0.5, 0.6) is 0 Å². The molecule has 1 heterocycles. The molecular weight excluding hydrogens is 247 g/mol. The van der Waals surface area contributed by atoms with Gasteiger partial charge in [-0.15, -0.1) is 0 Å². The Morgan fingerprint density at radius 1 is 1.38 bits per heavy atom. The van der Waals surface area contributed by atoms with E-state index in [1.54, 1.807) is 6.07 Å². The second-order valence-corrected chi connectivity index (χ2v) is 4.20. The van der Waals surface area contributed by atoms with Crippen molar-refractivity contribution in [3.63, 3.8) is 0 Å². The van der Waals surface area contributed by atoms with Crippen molar-refractivity contribution in [3.8, 4) is 11.3 Å². The van der Waals surface area contributed by atoms with Crippen molar-refractivity contribution in [2.24, 2.45) is 0 Å². The van der Waals surface area contributed by atoms with E-state index in [0.29, 0.717) is 21.1 Å². The third kappa shape index (κ3) is 2.28. The first kappa shape index (κ1) is 11.2. The summed E-state index contributed by atoms with van der Waals surface area (Å²) in [4.78, 5) is 6.93. The lowest BCUT2D eigenvalue weighted by Gasteiger charge is -2.04. The molecular formula is C11H8ClFN2S. The van der Waals surface area contributed by atoms with E-state index in [-0.39, 0.29) is 5.82 Å². The first-order valence-electron chi connectivity index (χ1n) is 4.59. The van der Waals surface area contributed by atoms with Crippen molar-refractivity contribution < 1.29 is 4.39 Å². The van der Waals surface area contributed by atoms with Gasteiger partial charge in [0.25, 0.3) is 0 Å². The highest BCUT2D eigenvalue weighted by molar-refractivity contribution is 7.71. The second-order valence-electron chi connectivity index (χ2n) is 3.38. The number of nitrogens with zero attached hydrogens (tertiary/aromatic N) is 1. The van der Waals surface area contributed by atoms with E-state index < -0.39 is 0 Å². The molecule has 0 aliphatic heterocycles. The fraction of sp³-hybridized carbons (Fsp3) is 0.0909. The summed E-state index contributed by atoms with van der Waals surface area (Å²) in [5.41, 5.74) is 1.67. The normalized spacial score (nSPS) is 10.4. The Kier molecular flexibility index (Phi) is 3.03. The maximum atomic E-state index is 13.6. The number of aromatic amines is 1. The standard InChI is InChI=1S/C11H8ClFN2S/c1-6-4-10(15-11(16)14-6)8-5-7(12)2-3-9(8)13/h2-5H,1H3,(H,14,15,16). The Bertz CT molecular complexity index is 595. The summed E-state index contributed by atoms with van der Waals surface area (Å²) in [5, 5.41) is 0.467. The van der Waals surface area contributed by atoms with Crippen LogP contribution < -0.4 is 0 Å². The summed E-state index contributed by atoms with van der Waals surface area (Å²) in [6.07, 6.45) is 0. The molecule has 0 amide bonds. The molecule has 0 saturated heterocycles. The number of benzene rings is 1. The number of nitrogens with one attached hydrogen (secondary N) is 1. The van der Waals surface area contributed by atoms with Gasteiger partial charge in [0.2, 0.25) is 0 Å². The van der Waals surface area contributed by atoms with Crippen molar-refractivity contribution >= 4 is 23.8 Å². The largest absolute Gasteiger partial charge is 0.335 e. The van der Waals surface area contributed by atoms with Crippen LogP contribution in [-0.2, 0) is 0 Å². The minimum absolute atomic E-state index is 0.328. The first-order valence-corrected chi connectivity index (χ1v) is 5.38. The van der Waals surface area contributed by atoms with E-state index in [2.05, 4.69) is 9.97 Å². The molecule has 1 aromatic heterocycles. The average Bonchev–Trinajstić information content (AvgIpc) is 2.20. The number of H-pyrrole nitrogens is 1. The molecule has 16 heavy (non-hydrogen) atoms. The molecule has 0 radical (unpaired) electrons. The van der Waals surface area contributed by atoms with Gasteiger partial charge in [-0.1, -0.05) is 11.6 Å². The van der Waals surface area contributed by atoms with Gasteiger partial charge in [0.1, 0.15) is 5.82 Å². The maximum absolute atomic E-state index is 13.6. The molecule has 1 aromatic carbocycles. The fourth-order valence-electron chi connectivity index (χ4n) is 1.41. The summed E-state index contributed by atoms with van der Waals surface area (Å²) in [5.74, 6) is -0.364. The van der Waals surface area contributed by atoms with E-state index in [9.17, 15) is 4.39 Å². The molecule has 0 bridgehead atoms. The Labute approximate surface area is 102 Å². The third-order valence-corrected chi connectivity index (χ3v) is 2.51. The van der Waals surface area contributed by atoms with Crippen molar-refractivity contribution in [3.05, 3.63) is 45.6 Å². The Morgan fingerprint density at radius 3 is 2.81 bits per heavy atom. The van der Waals surface area contributed by atoms with E-state index in [4.69, 9.17) is 23.8 Å². The Hall–Kier alpha value is -1.26. The SMILES string of the molecule is Cc1cc(-c2cc(Cl)ccc2F)nc(=S)[nH]1. The van der Waals surface area contributed by atoms with Gasteiger partial charge in [-0.3, -0.25) is 0 Å². The van der Waals surface area contributed by atoms with Crippen molar-refractivity contribution in [1.82, 2.24) is 9.97 Å². The average molecular weight is 255 g/mol. The summed E-state index contributed by atoms with van der Waals surface area (Å²) in [6, 6.07) is 6.07. The minimum Gasteiger partial charge on any atom is -0.335 e. The topological polar surface area (TPSA) is 28.7 Å². The molecule has 0 fully saturated rings. The monoisotopic (exact) mass is 254 g/mol. The van der Waals surface area contributed by atoms with Crippen molar-refractivity contribution in [2.45, 2.75) is 6.92 Å². The van der Waals surface area contributed by atoms with Gasteiger partial charge in [-0.25, -0.2) is 9.37 Å². The molecule has 2 aromatic rings. The van der Waals surface area contributed by atoms with Crippen molar-refractivity contribution in [2.75, 3.05) is 0 Å². The smallest absolute Gasteiger partial charge is 0.197 e. The molecule has 82 valence electrons. The van der Waals surface area contributed by atoms with E-state index in [1.807, 2.05) is 6.92 Å². The molecule has 0 aliphatic carbocycles. The maximum Gasteiger partial charge on any atom is 0.197 e. The van der Waals surface area contributed by atoms with Gasteiger partial charge in [0, 0.05) is 16.3 Å². The van der Waals surface area contributed by atoms with Gasteiger partial charge in [0.05, 0.1) is 5.69 Å². The van der Waals surface area contributed by atoms with Gasteiger partial charge in [-0.2, -0.15) is 0 Å². The van der Waals surface area contributed by atoms with E-state index in [1.165, 1.54) is 18.2 Å². The second kappa shape index (κ2) is 4.31. The van der Waals surface area contributed by atoms with Crippen LogP contribution in [0.3, 0.4) is 0 Å².